The summed E-state index contributed by atoms with van der Waals surface area (Å²) < 4.78 is 0. The molecule has 0 aliphatic rings. The van der Waals surface area contributed by atoms with Crippen molar-refractivity contribution in [2.45, 2.75) is 26.7 Å². The molecule has 1 aromatic carbocycles. The van der Waals surface area contributed by atoms with E-state index in [0.717, 1.165) is 24.2 Å². The quantitative estimate of drug-likeness (QED) is 0.557. The predicted octanol–water partition coefficient (Wildman–Crippen LogP) is 3.08. The maximum atomic E-state index is 5.79. The van der Waals surface area contributed by atoms with Crippen LogP contribution in [0.3, 0.4) is 0 Å². The summed E-state index contributed by atoms with van der Waals surface area (Å²) in [5, 5.41) is 0. The van der Waals surface area contributed by atoms with Gasteiger partial charge in [0.05, 0.1) is 11.4 Å². The maximum Gasteiger partial charge on any atom is 0.0855 e. The van der Waals surface area contributed by atoms with Gasteiger partial charge in [-0.25, -0.2) is 0 Å². The van der Waals surface area contributed by atoms with E-state index in [-0.39, 0.29) is 0 Å². The van der Waals surface area contributed by atoms with Gasteiger partial charge in [0.2, 0.25) is 0 Å². The van der Waals surface area contributed by atoms with Crippen molar-refractivity contribution < 1.29 is 0 Å². The molecule has 70 valence electrons. The number of aliphatic imine (C=N–C) groups is 1. The molecule has 13 heavy (non-hydrogen) atoms. The molecule has 0 aliphatic heterocycles. The minimum Gasteiger partial charge on any atom is -0.397 e. The lowest BCUT2D eigenvalue weighted by Crippen LogP contribution is -1.86. The van der Waals surface area contributed by atoms with E-state index in [1.54, 1.807) is 0 Å². The second-order valence-electron chi connectivity index (χ2n) is 3.16. The molecule has 0 unspecified atom stereocenters. The number of nitrogen functional groups attached to an aromatic ring is 1. The third-order valence-corrected chi connectivity index (χ3v) is 1.83. The maximum absolute atomic E-state index is 5.79. The molecule has 2 heteroatoms. The predicted molar refractivity (Wildman–Crippen MR) is 58.7 cm³/mol. The Labute approximate surface area is 79.5 Å². The van der Waals surface area contributed by atoms with Crippen LogP contribution in [0.5, 0.6) is 0 Å². The van der Waals surface area contributed by atoms with Crippen molar-refractivity contribution in [2.24, 2.45) is 4.99 Å². The third kappa shape index (κ3) is 2.90. The Bertz CT molecular complexity index is 303. The van der Waals surface area contributed by atoms with Gasteiger partial charge in [0, 0.05) is 6.21 Å². The zero-order valence-electron chi connectivity index (χ0n) is 8.25. The molecular formula is C11H16N2. The zero-order chi connectivity index (χ0) is 9.68. The van der Waals surface area contributed by atoms with Crippen LogP contribution >= 0.6 is 0 Å². The molecule has 0 saturated carbocycles. The Morgan fingerprint density at radius 1 is 1.46 bits per heavy atom. The average Bonchev–Trinajstić information content (AvgIpc) is 2.09. The molecule has 0 heterocycles. The minimum absolute atomic E-state index is 0.757. The second-order valence-corrected chi connectivity index (χ2v) is 3.16. The highest BCUT2D eigenvalue weighted by molar-refractivity contribution is 5.71. The smallest absolute Gasteiger partial charge is 0.0855 e. The number of nitrogens with two attached hydrogens (primary N) is 1. The standard InChI is InChI=1S/C11H16N2/c1-3-4-7-13-11-6-5-9(2)8-10(11)12/h5-8H,3-4,12H2,1-2H3. The fourth-order valence-corrected chi connectivity index (χ4v) is 1.08. The van der Waals surface area contributed by atoms with Crippen LogP contribution in [0.1, 0.15) is 25.3 Å². The van der Waals surface area contributed by atoms with Gasteiger partial charge in [0.15, 0.2) is 0 Å². The van der Waals surface area contributed by atoms with Crippen LogP contribution in [-0.4, -0.2) is 6.21 Å². The highest BCUT2D eigenvalue weighted by Crippen LogP contribution is 2.22. The molecule has 0 aliphatic carbocycles. The molecule has 2 N–H and O–H groups in total. The summed E-state index contributed by atoms with van der Waals surface area (Å²) >= 11 is 0. The van der Waals surface area contributed by atoms with Gasteiger partial charge in [-0.15, -0.1) is 0 Å². The molecule has 0 atom stereocenters. The molecule has 0 bridgehead atoms. The fourth-order valence-electron chi connectivity index (χ4n) is 1.08. The number of nitrogens with zero attached hydrogens (tertiary/aromatic N) is 1. The van der Waals surface area contributed by atoms with Crippen molar-refractivity contribution in [1.82, 2.24) is 0 Å². The Morgan fingerprint density at radius 3 is 2.85 bits per heavy atom. The van der Waals surface area contributed by atoms with Gasteiger partial charge in [-0.2, -0.15) is 0 Å². The molecule has 1 aromatic rings. The van der Waals surface area contributed by atoms with Crippen LogP contribution in [0.4, 0.5) is 11.4 Å². The summed E-state index contributed by atoms with van der Waals surface area (Å²) in [6, 6.07) is 5.92. The van der Waals surface area contributed by atoms with E-state index in [0.29, 0.717) is 0 Å². The summed E-state index contributed by atoms with van der Waals surface area (Å²) in [7, 11) is 0. The van der Waals surface area contributed by atoms with E-state index in [1.807, 2.05) is 31.3 Å². The first-order valence-electron chi connectivity index (χ1n) is 4.62. The van der Waals surface area contributed by atoms with Crippen molar-refractivity contribution >= 4 is 17.6 Å². The van der Waals surface area contributed by atoms with Gasteiger partial charge >= 0.3 is 0 Å². The molecule has 1 rings (SSSR count). The van der Waals surface area contributed by atoms with Gasteiger partial charge in [-0.1, -0.05) is 19.4 Å². The average molecular weight is 176 g/mol. The molecular weight excluding hydrogens is 160 g/mol. The van der Waals surface area contributed by atoms with Crippen LogP contribution in [0, 0.1) is 6.92 Å². The Hall–Kier alpha value is -1.31. The summed E-state index contributed by atoms with van der Waals surface area (Å²) in [5.41, 5.74) is 8.59. The normalized spacial score (nSPS) is 10.9. The SMILES string of the molecule is CCCC=Nc1ccc(C)cc1N. The lowest BCUT2D eigenvalue weighted by atomic mass is 10.2. The molecule has 0 radical (unpaired) electrons. The van der Waals surface area contributed by atoms with Crippen molar-refractivity contribution in [3.8, 4) is 0 Å². The van der Waals surface area contributed by atoms with Crippen LogP contribution in [0.25, 0.3) is 0 Å². The fraction of sp³-hybridized carbons (Fsp3) is 0.364. The number of anilines is 1. The van der Waals surface area contributed by atoms with Crippen LogP contribution in [0.15, 0.2) is 23.2 Å². The number of hydrogen-bond acceptors (Lipinski definition) is 2. The Kier molecular flexibility index (Phi) is 3.50. The van der Waals surface area contributed by atoms with E-state index in [2.05, 4.69) is 11.9 Å². The molecule has 0 saturated heterocycles. The van der Waals surface area contributed by atoms with Crippen LogP contribution < -0.4 is 5.73 Å². The topological polar surface area (TPSA) is 38.4 Å². The van der Waals surface area contributed by atoms with E-state index >= 15 is 0 Å². The molecule has 0 spiro atoms. The van der Waals surface area contributed by atoms with Gasteiger partial charge in [-0.05, 0) is 31.0 Å². The van der Waals surface area contributed by atoms with E-state index < -0.39 is 0 Å². The number of unbranched alkanes of at least 4 members (excludes halogenated alkanes) is 1. The minimum atomic E-state index is 0.757. The second kappa shape index (κ2) is 4.65. The van der Waals surface area contributed by atoms with Gasteiger partial charge < -0.3 is 5.73 Å². The summed E-state index contributed by atoms with van der Waals surface area (Å²) in [4.78, 5) is 4.29. The van der Waals surface area contributed by atoms with Crippen molar-refractivity contribution in [1.29, 1.82) is 0 Å². The first-order chi connectivity index (χ1) is 6.24. The van der Waals surface area contributed by atoms with Crippen molar-refractivity contribution in [2.75, 3.05) is 5.73 Å². The number of benzene rings is 1. The molecule has 2 nitrogen and oxygen atoms in total. The third-order valence-electron chi connectivity index (χ3n) is 1.83. The van der Waals surface area contributed by atoms with Crippen molar-refractivity contribution in [3.05, 3.63) is 23.8 Å². The highest BCUT2D eigenvalue weighted by atomic mass is 14.8. The number of hydrogen-bond donors (Lipinski definition) is 1. The van der Waals surface area contributed by atoms with Crippen LogP contribution in [-0.2, 0) is 0 Å². The zero-order valence-corrected chi connectivity index (χ0v) is 8.25. The lowest BCUT2D eigenvalue weighted by Gasteiger charge is -2.00. The number of aryl methyl sites for hydroxylation is 1. The lowest BCUT2D eigenvalue weighted by molar-refractivity contribution is 1.01. The molecule has 0 amide bonds. The van der Waals surface area contributed by atoms with E-state index in [9.17, 15) is 0 Å². The Morgan fingerprint density at radius 2 is 2.23 bits per heavy atom. The molecule has 0 fully saturated rings. The molecule has 0 aromatic heterocycles. The number of rotatable bonds is 3. The van der Waals surface area contributed by atoms with E-state index in [4.69, 9.17) is 5.73 Å². The van der Waals surface area contributed by atoms with Gasteiger partial charge in [0.25, 0.3) is 0 Å². The highest BCUT2D eigenvalue weighted by Gasteiger charge is 1.94. The van der Waals surface area contributed by atoms with E-state index in [1.165, 1.54) is 5.56 Å². The Balaban J connectivity index is 2.77. The van der Waals surface area contributed by atoms with Crippen molar-refractivity contribution in [3.63, 3.8) is 0 Å². The van der Waals surface area contributed by atoms with Gasteiger partial charge in [0.1, 0.15) is 0 Å². The summed E-state index contributed by atoms with van der Waals surface area (Å²) in [6.45, 7) is 4.15. The first-order valence-corrected chi connectivity index (χ1v) is 4.62. The van der Waals surface area contributed by atoms with Crippen LogP contribution in [0.2, 0.25) is 0 Å². The monoisotopic (exact) mass is 176 g/mol. The first kappa shape index (κ1) is 9.78. The summed E-state index contributed by atoms with van der Waals surface area (Å²) in [5.74, 6) is 0. The van der Waals surface area contributed by atoms with Gasteiger partial charge in [-0.3, -0.25) is 4.99 Å². The summed E-state index contributed by atoms with van der Waals surface area (Å²) in [6.07, 6.45) is 4.05. The largest absolute Gasteiger partial charge is 0.397 e.